The maximum absolute atomic E-state index is 13.4. The molecule has 0 aliphatic heterocycles. The molecule has 0 aliphatic carbocycles. The molecule has 0 saturated carbocycles. The number of carbonyl (C=O) groups is 2. The Bertz CT molecular complexity index is 1190. The summed E-state index contributed by atoms with van der Waals surface area (Å²) >= 11 is 0. The van der Waals surface area contributed by atoms with Gasteiger partial charge in [-0.3, -0.25) is 14.5 Å². The first-order valence-electron chi connectivity index (χ1n) is 10.9. The summed E-state index contributed by atoms with van der Waals surface area (Å²) < 4.78 is 32.9. The first-order chi connectivity index (χ1) is 16.2. The number of amides is 2. The maximum Gasteiger partial charge on any atom is 0.243 e. The van der Waals surface area contributed by atoms with E-state index in [0.29, 0.717) is 11.4 Å². The molecule has 2 N–H and O–H groups in total. The molecule has 0 fully saturated rings. The SMILES string of the molecule is Cc1ccc(N(C(=O)CNS(=O)(=O)c2ccccc2)C(C(=O)NCc2ccco2)C(C)C)cc1. The molecule has 34 heavy (non-hydrogen) atoms. The van der Waals surface area contributed by atoms with E-state index in [1.807, 2.05) is 32.9 Å². The highest BCUT2D eigenvalue weighted by Gasteiger charge is 2.34. The average Bonchev–Trinajstić information content (AvgIpc) is 3.34. The predicted molar refractivity (Wildman–Crippen MR) is 129 cm³/mol. The molecule has 2 aromatic carbocycles. The Labute approximate surface area is 200 Å². The van der Waals surface area contributed by atoms with Crippen LogP contribution in [0.4, 0.5) is 5.69 Å². The molecule has 180 valence electrons. The molecular formula is C25H29N3O5S. The van der Waals surface area contributed by atoms with Crippen LogP contribution >= 0.6 is 0 Å². The molecule has 0 radical (unpaired) electrons. The zero-order chi connectivity index (χ0) is 24.7. The number of hydrogen-bond donors (Lipinski definition) is 2. The van der Waals surface area contributed by atoms with Gasteiger partial charge in [0.15, 0.2) is 0 Å². The van der Waals surface area contributed by atoms with Crippen LogP contribution in [0.2, 0.25) is 0 Å². The minimum absolute atomic E-state index is 0.0567. The van der Waals surface area contributed by atoms with Gasteiger partial charge in [-0.2, -0.15) is 0 Å². The van der Waals surface area contributed by atoms with Crippen LogP contribution in [0.5, 0.6) is 0 Å². The summed E-state index contributed by atoms with van der Waals surface area (Å²) in [7, 11) is -3.89. The quantitative estimate of drug-likeness (QED) is 0.460. The molecule has 9 heteroatoms. The normalized spacial score (nSPS) is 12.4. The summed E-state index contributed by atoms with van der Waals surface area (Å²) in [6, 6.07) is 17.6. The van der Waals surface area contributed by atoms with Crippen LogP contribution in [-0.2, 0) is 26.2 Å². The van der Waals surface area contributed by atoms with E-state index >= 15 is 0 Å². The largest absolute Gasteiger partial charge is 0.467 e. The molecule has 0 aliphatic rings. The van der Waals surface area contributed by atoms with Gasteiger partial charge in [-0.25, -0.2) is 13.1 Å². The van der Waals surface area contributed by atoms with E-state index in [4.69, 9.17) is 4.42 Å². The number of sulfonamides is 1. The van der Waals surface area contributed by atoms with Gasteiger partial charge in [0.1, 0.15) is 11.8 Å². The van der Waals surface area contributed by atoms with E-state index in [1.54, 1.807) is 42.5 Å². The van der Waals surface area contributed by atoms with E-state index < -0.39 is 28.5 Å². The highest BCUT2D eigenvalue weighted by atomic mass is 32.2. The van der Waals surface area contributed by atoms with Crippen LogP contribution in [0, 0.1) is 12.8 Å². The number of benzene rings is 2. The van der Waals surface area contributed by atoms with E-state index in [1.165, 1.54) is 23.3 Å². The van der Waals surface area contributed by atoms with Crippen molar-refractivity contribution in [2.45, 2.75) is 38.3 Å². The van der Waals surface area contributed by atoms with Gasteiger partial charge in [-0.15, -0.1) is 0 Å². The summed E-state index contributed by atoms with van der Waals surface area (Å²) in [4.78, 5) is 28.0. The monoisotopic (exact) mass is 483 g/mol. The minimum atomic E-state index is -3.89. The molecular weight excluding hydrogens is 454 g/mol. The fourth-order valence-electron chi connectivity index (χ4n) is 3.50. The van der Waals surface area contributed by atoms with Crippen LogP contribution in [0.1, 0.15) is 25.2 Å². The summed E-state index contributed by atoms with van der Waals surface area (Å²) in [5, 5.41) is 2.82. The van der Waals surface area contributed by atoms with Crippen molar-refractivity contribution in [2.24, 2.45) is 5.92 Å². The van der Waals surface area contributed by atoms with E-state index in [9.17, 15) is 18.0 Å². The van der Waals surface area contributed by atoms with Crippen molar-refractivity contribution < 1.29 is 22.4 Å². The number of hydrogen-bond acceptors (Lipinski definition) is 5. The predicted octanol–water partition coefficient (Wildman–Crippen LogP) is 3.24. The van der Waals surface area contributed by atoms with E-state index in [-0.39, 0.29) is 23.3 Å². The summed E-state index contributed by atoms with van der Waals surface area (Å²) in [5.74, 6) is -0.589. The van der Waals surface area contributed by atoms with Crippen molar-refractivity contribution in [3.63, 3.8) is 0 Å². The molecule has 3 rings (SSSR count). The Morgan fingerprint density at radius 3 is 2.24 bits per heavy atom. The molecule has 1 unspecified atom stereocenters. The van der Waals surface area contributed by atoms with Gasteiger partial charge in [0.2, 0.25) is 21.8 Å². The highest BCUT2D eigenvalue weighted by molar-refractivity contribution is 7.89. The van der Waals surface area contributed by atoms with Crippen molar-refractivity contribution in [3.05, 3.63) is 84.3 Å². The number of carbonyl (C=O) groups excluding carboxylic acids is 2. The highest BCUT2D eigenvalue weighted by Crippen LogP contribution is 2.23. The van der Waals surface area contributed by atoms with Crippen molar-refractivity contribution in [1.82, 2.24) is 10.0 Å². The number of rotatable bonds is 10. The van der Waals surface area contributed by atoms with Gasteiger partial charge in [-0.05, 0) is 49.2 Å². The molecule has 0 spiro atoms. The third kappa shape index (κ3) is 6.33. The van der Waals surface area contributed by atoms with Gasteiger partial charge >= 0.3 is 0 Å². The zero-order valence-electron chi connectivity index (χ0n) is 19.4. The zero-order valence-corrected chi connectivity index (χ0v) is 20.2. The number of nitrogens with one attached hydrogen (secondary N) is 2. The standard InChI is InChI=1S/C25H29N3O5S/c1-18(2)24(25(30)26-16-21-8-7-15-33-21)28(20-13-11-19(3)12-14-20)23(29)17-27-34(31,32)22-9-5-4-6-10-22/h4-15,18,24,27H,16-17H2,1-3H3,(H,26,30). The summed E-state index contributed by atoms with van der Waals surface area (Å²) in [6.07, 6.45) is 1.52. The van der Waals surface area contributed by atoms with Gasteiger partial charge in [-0.1, -0.05) is 49.7 Å². The van der Waals surface area contributed by atoms with Crippen molar-refractivity contribution in [2.75, 3.05) is 11.4 Å². The molecule has 2 amide bonds. The number of anilines is 1. The molecule has 1 atom stereocenters. The lowest BCUT2D eigenvalue weighted by Crippen LogP contribution is -2.54. The van der Waals surface area contributed by atoms with Gasteiger partial charge in [0.05, 0.1) is 24.2 Å². The van der Waals surface area contributed by atoms with Crippen LogP contribution < -0.4 is 14.9 Å². The fraction of sp³-hybridized carbons (Fsp3) is 0.280. The van der Waals surface area contributed by atoms with Crippen molar-refractivity contribution >= 4 is 27.5 Å². The second-order valence-electron chi connectivity index (χ2n) is 8.22. The van der Waals surface area contributed by atoms with Gasteiger partial charge in [0, 0.05) is 5.69 Å². The lowest BCUT2D eigenvalue weighted by molar-refractivity contribution is -0.127. The van der Waals surface area contributed by atoms with Crippen LogP contribution in [0.3, 0.4) is 0 Å². The second-order valence-corrected chi connectivity index (χ2v) is 9.99. The molecule has 0 bridgehead atoms. The fourth-order valence-corrected chi connectivity index (χ4v) is 4.50. The number of nitrogens with zero attached hydrogens (tertiary/aromatic N) is 1. The maximum atomic E-state index is 13.4. The van der Waals surface area contributed by atoms with Crippen molar-refractivity contribution in [3.8, 4) is 0 Å². The topological polar surface area (TPSA) is 109 Å². The Balaban J connectivity index is 1.86. The average molecular weight is 484 g/mol. The molecule has 8 nitrogen and oxygen atoms in total. The van der Waals surface area contributed by atoms with Crippen LogP contribution in [0.25, 0.3) is 0 Å². The van der Waals surface area contributed by atoms with Crippen molar-refractivity contribution in [1.29, 1.82) is 0 Å². The Kier molecular flexibility index (Phi) is 8.25. The first-order valence-corrected chi connectivity index (χ1v) is 12.4. The molecule has 1 aromatic heterocycles. The lowest BCUT2D eigenvalue weighted by atomic mass is 10.00. The first kappa shape index (κ1) is 25.2. The number of aryl methyl sites for hydroxylation is 1. The minimum Gasteiger partial charge on any atom is -0.467 e. The lowest BCUT2D eigenvalue weighted by Gasteiger charge is -2.33. The van der Waals surface area contributed by atoms with Crippen LogP contribution in [-0.4, -0.2) is 32.8 Å². The van der Waals surface area contributed by atoms with E-state index in [2.05, 4.69) is 10.0 Å². The van der Waals surface area contributed by atoms with Gasteiger partial charge < -0.3 is 9.73 Å². The molecule has 0 saturated heterocycles. The third-order valence-electron chi connectivity index (χ3n) is 5.24. The second kappa shape index (κ2) is 11.1. The molecule has 3 aromatic rings. The Morgan fingerprint density at radius 2 is 1.65 bits per heavy atom. The third-order valence-corrected chi connectivity index (χ3v) is 6.66. The molecule has 1 heterocycles. The Hall–Kier alpha value is -3.43. The van der Waals surface area contributed by atoms with Gasteiger partial charge in [0.25, 0.3) is 0 Å². The number of furan rings is 1. The van der Waals surface area contributed by atoms with E-state index in [0.717, 1.165) is 5.56 Å². The Morgan fingerprint density at radius 1 is 0.971 bits per heavy atom. The summed E-state index contributed by atoms with van der Waals surface area (Å²) in [5.41, 5.74) is 1.49. The summed E-state index contributed by atoms with van der Waals surface area (Å²) in [6.45, 7) is 5.25. The van der Waals surface area contributed by atoms with Crippen LogP contribution in [0.15, 0.2) is 82.3 Å². The smallest absolute Gasteiger partial charge is 0.243 e.